The van der Waals surface area contributed by atoms with Crippen molar-refractivity contribution in [1.82, 2.24) is 9.78 Å². The molecule has 94 valence electrons. The van der Waals surface area contributed by atoms with Gasteiger partial charge >= 0.3 is 5.97 Å². The van der Waals surface area contributed by atoms with Gasteiger partial charge in [0, 0.05) is 7.05 Å². The molecular weight excluding hydrogens is 230 g/mol. The van der Waals surface area contributed by atoms with E-state index in [0.717, 1.165) is 11.1 Å². The molecule has 1 heterocycles. The van der Waals surface area contributed by atoms with Crippen LogP contribution in [0.5, 0.6) is 0 Å². The Hall–Kier alpha value is -2.30. The zero-order valence-corrected chi connectivity index (χ0v) is 10.6. The number of nitrogens with zero attached hydrogens (tertiary/aromatic N) is 2. The van der Waals surface area contributed by atoms with Crippen LogP contribution in [0.4, 0.5) is 5.82 Å². The summed E-state index contributed by atoms with van der Waals surface area (Å²) in [6.07, 6.45) is 0. The first-order valence-electron chi connectivity index (χ1n) is 5.53. The van der Waals surface area contributed by atoms with Gasteiger partial charge < -0.3 is 10.5 Å². The van der Waals surface area contributed by atoms with Gasteiger partial charge in [0.1, 0.15) is 5.82 Å². The van der Waals surface area contributed by atoms with Crippen molar-refractivity contribution < 1.29 is 9.53 Å². The highest BCUT2D eigenvalue weighted by molar-refractivity contribution is 5.99. The van der Waals surface area contributed by atoms with E-state index in [9.17, 15) is 4.79 Å². The standard InChI is InChI=1S/C13H15N3O2/c1-8-6-4-5-7-9(8)10-11(13(17)18-3)15-16(2)12(10)14/h4-7H,14H2,1-3H3. The maximum atomic E-state index is 11.7. The first-order valence-corrected chi connectivity index (χ1v) is 5.53. The second-order valence-electron chi connectivity index (χ2n) is 4.04. The molecule has 18 heavy (non-hydrogen) atoms. The number of aryl methyl sites for hydroxylation is 2. The molecule has 0 unspecified atom stereocenters. The fourth-order valence-corrected chi connectivity index (χ4v) is 1.90. The van der Waals surface area contributed by atoms with Gasteiger partial charge in [0.05, 0.1) is 12.7 Å². The molecule has 1 aromatic heterocycles. The molecule has 1 aromatic carbocycles. The number of rotatable bonds is 2. The van der Waals surface area contributed by atoms with E-state index in [1.165, 1.54) is 11.8 Å². The number of anilines is 1. The summed E-state index contributed by atoms with van der Waals surface area (Å²) in [5, 5.41) is 4.12. The first-order chi connectivity index (χ1) is 8.56. The molecule has 0 radical (unpaired) electrons. The quantitative estimate of drug-likeness (QED) is 0.818. The van der Waals surface area contributed by atoms with Crippen molar-refractivity contribution in [3.63, 3.8) is 0 Å². The molecule has 0 atom stereocenters. The third kappa shape index (κ3) is 1.84. The van der Waals surface area contributed by atoms with E-state index in [0.29, 0.717) is 11.4 Å². The summed E-state index contributed by atoms with van der Waals surface area (Å²) in [5.41, 5.74) is 8.78. The van der Waals surface area contributed by atoms with Gasteiger partial charge in [0.2, 0.25) is 0 Å². The number of hydrogen-bond donors (Lipinski definition) is 1. The summed E-state index contributed by atoms with van der Waals surface area (Å²) in [7, 11) is 3.03. The van der Waals surface area contributed by atoms with E-state index in [4.69, 9.17) is 10.5 Å². The fourth-order valence-electron chi connectivity index (χ4n) is 1.90. The highest BCUT2D eigenvalue weighted by Gasteiger charge is 2.22. The topological polar surface area (TPSA) is 70.1 Å². The predicted octanol–water partition coefficient (Wildman–Crippen LogP) is 1.76. The fraction of sp³-hybridized carbons (Fsp3) is 0.231. The van der Waals surface area contributed by atoms with Crippen molar-refractivity contribution in [2.45, 2.75) is 6.92 Å². The van der Waals surface area contributed by atoms with Gasteiger partial charge in [-0.3, -0.25) is 4.68 Å². The molecule has 0 aliphatic heterocycles. The number of carbonyl (C=O) groups is 1. The largest absolute Gasteiger partial charge is 0.464 e. The van der Waals surface area contributed by atoms with Crippen molar-refractivity contribution in [1.29, 1.82) is 0 Å². The van der Waals surface area contributed by atoms with Crippen molar-refractivity contribution in [3.8, 4) is 11.1 Å². The van der Waals surface area contributed by atoms with Crippen molar-refractivity contribution >= 4 is 11.8 Å². The summed E-state index contributed by atoms with van der Waals surface area (Å²) < 4.78 is 6.22. The molecule has 0 bridgehead atoms. The Labute approximate surface area is 105 Å². The van der Waals surface area contributed by atoms with E-state index in [1.54, 1.807) is 7.05 Å². The molecule has 2 aromatic rings. The van der Waals surface area contributed by atoms with E-state index >= 15 is 0 Å². The molecule has 2 rings (SSSR count). The number of benzene rings is 1. The second kappa shape index (κ2) is 4.52. The van der Waals surface area contributed by atoms with Crippen LogP contribution in [0.3, 0.4) is 0 Å². The van der Waals surface area contributed by atoms with Crippen LogP contribution in [0, 0.1) is 6.92 Å². The van der Waals surface area contributed by atoms with Crippen LogP contribution in [0.1, 0.15) is 16.1 Å². The molecule has 0 aliphatic carbocycles. The highest BCUT2D eigenvalue weighted by atomic mass is 16.5. The Bertz CT molecular complexity index is 602. The molecule has 0 fully saturated rings. The lowest BCUT2D eigenvalue weighted by molar-refractivity contribution is 0.0594. The van der Waals surface area contributed by atoms with Crippen LogP contribution < -0.4 is 5.73 Å². The summed E-state index contributed by atoms with van der Waals surface area (Å²) in [4.78, 5) is 11.7. The lowest BCUT2D eigenvalue weighted by atomic mass is 10.0. The molecule has 5 heteroatoms. The van der Waals surface area contributed by atoms with E-state index in [2.05, 4.69) is 5.10 Å². The number of nitrogen functional groups attached to an aromatic ring is 1. The molecule has 0 amide bonds. The maximum Gasteiger partial charge on any atom is 0.359 e. The van der Waals surface area contributed by atoms with Crippen LogP contribution in [-0.2, 0) is 11.8 Å². The number of methoxy groups -OCH3 is 1. The van der Waals surface area contributed by atoms with Crippen LogP contribution in [0.25, 0.3) is 11.1 Å². The van der Waals surface area contributed by atoms with Gasteiger partial charge in [0.25, 0.3) is 0 Å². The van der Waals surface area contributed by atoms with Gasteiger partial charge in [0.15, 0.2) is 5.69 Å². The number of nitrogens with two attached hydrogens (primary N) is 1. The Balaban J connectivity index is 2.70. The lowest BCUT2D eigenvalue weighted by Crippen LogP contribution is -2.04. The number of ether oxygens (including phenoxy) is 1. The van der Waals surface area contributed by atoms with Crippen molar-refractivity contribution in [2.24, 2.45) is 7.05 Å². The molecule has 0 saturated heterocycles. The summed E-state index contributed by atoms with van der Waals surface area (Å²) in [5.74, 6) is -0.0368. The van der Waals surface area contributed by atoms with Gasteiger partial charge in [-0.2, -0.15) is 5.10 Å². The van der Waals surface area contributed by atoms with Gasteiger partial charge in [-0.1, -0.05) is 24.3 Å². The SMILES string of the molecule is COC(=O)c1nn(C)c(N)c1-c1ccccc1C. The first kappa shape index (κ1) is 12.2. The van der Waals surface area contributed by atoms with Gasteiger partial charge in [-0.05, 0) is 18.1 Å². The summed E-state index contributed by atoms with van der Waals surface area (Å²) >= 11 is 0. The van der Waals surface area contributed by atoms with Crippen LogP contribution >= 0.6 is 0 Å². The Morgan fingerprint density at radius 2 is 2.06 bits per heavy atom. The van der Waals surface area contributed by atoms with Gasteiger partial charge in [-0.25, -0.2) is 4.79 Å². The number of esters is 1. The number of aromatic nitrogens is 2. The number of carbonyl (C=O) groups excluding carboxylic acids is 1. The molecule has 0 aliphatic rings. The van der Waals surface area contributed by atoms with E-state index < -0.39 is 5.97 Å². The highest BCUT2D eigenvalue weighted by Crippen LogP contribution is 2.31. The normalized spacial score (nSPS) is 10.4. The zero-order chi connectivity index (χ0) is 13.3. The lowest BCUT2D eigenvalue weighted by Gasteiger charge is -2.06. The smallest absolute Gasteiger partial charge is 0.359 e. The predicted molar refractivity (Wildman–Crippen MR) is 69.1 cm³/mol. The van der Waals surface area contributed by atoms with Gasteiger partial charge in [-0.15, -0.1) is 0 Å². The van der Waals surface area contributed by atoms with E-state index in [-0.39, 0.29) is 5.69 Å². The average Bonchev–Trinajstić information content (AvgIpc) is 2.66. The third-order valence-corrected chi connectivity index (χ3v) is 2.88. The minimum absolute atomic E-state index is 0.242. The summed E-state index contributed by atoms with van der Waals surface area (Å²) in [6.45, 7) is 1.96. The zero-order valence-electron chi connectivity index (χ0n) is 10.6. The minimum atomic E-state index is -0.486. The Morgan fingerprint density at radius 1 is 1.39 bits per heavy atom. The Morgan fingerprint density at radius 3 is 2.67 bits per heavy atom. The van der Waals surface area contributed by atoms with E-state index in [1.807, 2.05) is 31.2 Å². The van der Waals surface area contributed by atoms with Crippen LogP contribution in [-0.4, -0.2) is 22.9 Å². The second-order valence-corrected chi connectivity index (χ2v) is 4.04. The molecule has 5 nitrogen and oxygen atoms in total. The summed E-state index contributed by atoms with van der Waals surface area (Å²) in [6, 6.07) is 7.71. The van der Waals surface area contributed by atoms with Crippen LogP contribution in [0.2, 0.25) is 0 Å². The van der Waals surface area contributed by atoms with Crippen molar-refractivity contribution in [3.05, 3.63) is 35.5 Å². The minimum Gasteiger partial charge on any atom is -0.464 e. The molecule has 2 N–H and O–H groups in total. The molecular formula is C13H15N3O2. The van der Waals surface area contributed by atoms with Crippen molar-refractivity contribution in [2.75, 3.05) is 12.8 Å². The average molecular weight is 245 g/mol. The number of hydrogen-bond acceptors (Lipinski definition) is 4. The third-order valence-electron chi connectivity index (χ3n) is 2.88. The molecule has 0 spiro atoms. The maximum absolute atomic E-state index is 11.7. The monoisotopic (exact) mass is 245 g/mol. The molecule has 0 saturated carbocycles. The van der Waals surface area contributed by atoms with Crippen LogP contribution in [0.15, 0.2) is 24.3 Å². The Kier molecular flexibility index (Phi) is 3.06.